The average Bonchev–Trinajstić information content (AvgIpc) is 3.05. The van der Waals surface area contributed by atoms with Gasteiger partial charge in [-0.15, -0.1) is 0 Å². The zero-order valence-corrected chi connectivity index (χ0v) is 19.1. The number of aryl methyl sites for hydroxylation is 4. The first-order valence-electron chi connectivity index (χ1n) is 10.3. The highest BCUT2D eigenvalue weighted by Gasteiger charge is 2.12. The summed E-state index contributed by atoms with van der Waals surface area (Å²) in [5, 5.41) is 11.2. The molecule has 6 nitrogen and oxygen atoms in total. The number of carbonyl (C=O) groups excluding carboxylic acids is 1. The van der Waals surface area contributed by atoms with Gasteiger partial charge < -0.3 is 5.32 Å². The Balaban J connectivity index is 1.85. The zero-order valence-electron chi connectivity index (χ0n) is 18.4. The molecule has 0 aliphatic carbocycles. The average molecular weight is 438 g/mol. The highest BCUT2D eigenvalue weighted by atomic mass is 35.5. The molecule has 2 N–H and O–H groups in total. The van der Waals surface area contributed by atoms with Crippen molar-refractivity contribution in [2.24, 2.45) is 4.99 Å². The molecule has 162 valence electrons. The van der Waals surface area contributed by atoms with Gasteiger partial charge in [-0.1, -0.05) is 41.8 Å². The Labute approximate surface area is 188 Å². The molecule has 7 heteroatoms. The fourth-order valence-electron chi connectivity index (χ4n) is 3.32. The van der Waals surface area contributed by atoms with E-state index in [1.165, 1.54) is 0 Å². The van der Waals surface area contributed by atoms with Crippen LogP contribution in [0.1, 0.15) is 46.1 Å². The third kappa shape index (κ3) is 6.43. The molecular weight excluding hydrogens is 410 g/mol. The van der Waals surface area contributed by atoms with Crippen LogP contribution < -0.4 is 10.6 Å². The van der Waals surface area contributed by atoms with Crippen molar-refractivity contribution < 1.29 is 4.79 Å². The second-order valence-electron chi connectivity index (χ2n) is 7.63. The van der Waals surface area contributed by atoms with E-state index in [4.69, 9.17) is 11.6 Å². The van der Waals surface area contributed by atoms with Gasteiger partial charge in [0, 0.05) is 34.6 Å². The Morgan fingerprint density at radius 2 is 1.87 bits per heavy atom. The molecule has 0 unspecified atom stereocenters. The molecule has 0 fully saturated rings. The smallest absolute Gasteiger partial charge is 0.257 e. The van der Waals surface area contributed by atoms with E-state index in [9.17, 15) is 4.79 Å². The lowest BCUT2D eigenvalue weighted by molar-refractivity contribution is 0.0976. The molecule has 0 atom stereocenters. The number of carbonyl (C=O) groups is 1. The Bertz CT molecular complexity index is 1080. The Morgan fingerprint density at radius 3 is 2.55 bits per heavy atom. The summed E-state index contributed by atoms with van der Waals surface area (Å²) < 4.78 is 1.93. The zero-order chi connectivity index (χ0) is 22.4. The summed E-state index contributed by atoms with van der Waals surface area (Å²) in [6, 6.07) is 13.0. The maximum absolute atomic E-state index is 12.9. The van der Waals surface area contributed by atoms with E-state index in [2.05, 4.69) is 27.6 Å². The number of hydrogen-bond donors (Lipinski definition) is 2. The maximum Gasteiger partial charge on any atom is 0.257 e. The summed E-state index contributed by atoms with van der Waals surface area (Å²) in [7, 11) is 0. The third-order valence-electron chi connectivity index (χ3n) is 4.71. The van der Waals surface area contributed by atoms with Gasteiger partial charge in [-0.2, -0.15) is 5.10 Å². The van der Waals surface area contributed by atoms with Gasteiger partial charge in [0.25, 0.3) is 5.91 Å². The van der Waals surface area contributed by atoms with E-state index in [1.807, 2.05) is 62.0 Å². The molecular formula is C24H28ClN5O. The van der Waals surface area contributed by atoms with Crippen LogP contribution in [0.3, 0.4) is 0 Å². The largest absolute Gasteiger partial charge is 0.326 e. The highest BCUT2D eigenvalue weighted by Crippen LogP contribution is 2.15. The molecule has 0 spiro atoms. The minimum atomic E-state index is -0.224. The predicted octanol–water partition coefficient (Wildman–Crippen LogP) is 5.27. The third-order valence-corrected chi connectivity index (χ3v) is 4.95. The van der Waals surface area contributed by atoms with Gasteiger partial charge in [0.05, 0.1) is 12.2 Å². The summed E-state index contributed by atoms with van der Waals surface area (Å²) in [5.41, 5.74) is 5.34. The molecule has 1 aromatic heterocycles. The summed E-state index contributed by atoms with van der Waals surface area (Å²) in [4.78, 5) is 17.6. The van der Waals surface area contributed by atoms with E-state index in [0.29, 0.717) is 23.1 Å². The van der Waals surface area contributed by atoms with Crippen molar-refractivity contribution in [2.45, 2.75) is 47.2 Å². The van der Waals surface area contributed by atoms with E-state index >= 15 is 0 Å². The molecule has 31 heavy (non-hydrogen) atoms. The summed E-state index contributed by atoms with van der Waals surface area (Å²) in [5.74, 6) is 0.132. The molecule has 0 saturated heterocycles. The van der Waals surface area contributed by atoms with Gasteiger partial charge in [-0.3, -0.25) is 14.8 Å². The number of hydrogen-bond acceptors (Lipinski definition) is 3. The minimum Gasteiger partial charge on any atom is -0.326 e. The molecule has 0 saturated carbocycles. The van der Waals surface area contributed by atoms with Crippen molar-refractivity contribution in [3.8, 4) is 0 Å². The predicted molar refractivity (Wildman–Crippen MR) is 127 cm³/mol. The first kappa shape index (κ1) is 22.6. The van der Waals surface area contributed by atoms with Crippen LogP contribution >= 0.6 is 11.6 Å². The number of nitrogens with zero attached hydrogens (tertiary/aromatic N) is 3. The van der Waals surface area contributed by atoms with Gasteiger partial charge in [-0.25, -0.2) is 4.99 Å². The van der Waals surface area contributed by atoms with Crippen molar-refractivity contribution in [3.63, 3.8) is 0 Å². The lowest BCUT2D eigenvalue weighted by Crippen LogP contribution is -2.36. The second-order valence-corrected chi connectivity index (χ2v) is 8.07. The quantitative estimate of drug-likeness (QED) is 0.407. The molecule has 2 aromatic carbocycles. The Hall–Kier alpha value is -3.12. The second kappa shape index (κ2) is 10.3. The van der Waals surface area contributed by atoms with E-state index in [1.54, 1.807) is 12.1 Å². The van der Waals surface area contributed by atoms with Gasteiger partial charge in [0.15, 0.2) is 0 Å². The molecule has 3 aromatic rings. The Kier molecular flexibility index (Phi) is 7.47. The first-order chi connectivity index (χ1) is 14.8. The number of aromatic nitrogens is 2. The van der Waals surface area contributed by atoms with Crippen molar-refractivity contribution in [1.29, 1.82) is 0 Å². The summed E-state index contributed by atoms with van der Waals surface area (Å²) in [6.07, 6.45) is 3.02. The monoisotopic (exact) mass is 437 g/mol. The van der Waals surface area contributed by atoms with Crippen molar-refractivity contribution in [1.82, 2.24) is 15.1 Å². The Morgan fingerprint density at radius 1 is 1.13 bits per heavy atom. The lowest BCUT2D eigenvalue weighted by Gasteiger charge is -2.13. The lowest BCUT2D eigenvalue weighted by atomic mass is 10.1. The number of nitrogens with one attached hydrogen (secondary N) is 2. The van der Waals surface area contributed by atoms with Crippen molar-refractivity contribution in [2.75, 3.05) is 5.32 Å². The number of guanidine groups is 1. The van der Waals surface area contributed by atoms with Crippen LogP contribution in [0.2, 0.25) is 5.02 Å². The van der Waals surface area contributed by atoms with Crippen LogP contribution in [-0.2, 0) is 13.1 Å². The van der Waals surface area contributed by atoms with Crippen LogP contribution in [0.25, 0.3) is 0 Å². The number of amides is 1. The molecule has 0 bridgehead atoms. The normalized spacial score (nSPS) is 11.5. The number of benzene rings is 2. The van der Waals surface area contributed by atoms with Crippen LogP contribution in [0.4, 0.5) is 5.69 Å². The molecule has 1 heterocycles. The number of aliphatic imine (C=N–C) groups is 1. The van der Waals surface area contributed by atoms with E-state index in [-0.39, 0.29) is 5.91 Å². The highest BCUT2D eigenvalue weighted by molar-refractivity contribution is 6.31. The summed E-state index contributed by atoms with van der Waals surface area (Å²) >= 11 is 6.11. The first-order valence-corrected chi connectivity index (χ1v) is 10.7. The van der Waals surface area contributed by atoms with Gasteiger partial charge in [0.2, 0.25) is 5.96 Å². The number of halogens is 1. The van der Waals surface area contributed by atoms with Gasteiger partial charge >= 0.3 is 0 Å². The number of anilines is 1. The van der Waals surface area contributed by atoms with Crippen LogP contribution in [0.15, 0.2) is 53.7 Å². The maximum atomic E-state index is 12.9. The van der Waals surface area contributed by atoms with Crippen LogP contribution in [0.5, 0.6) is 0 Å². The number of rotatable bonds is 6. The molecule has 1 amide bonds. The van der Waals surface area contributed by atoms with Crippen molar-refractivity contribution >= 4 is 29.2 Å². The minimum absolute atomic E-state index is 0.224. The molecule has 0 aliphatic rings. The van der Waals surface area contributed by atoms with Gasteiger partial charge in [-0.05, 0) is 57.5 Å². The van der Waals surface area contributed by atoms with Crippen LogP contribution in [-0.4, -0.2) is 21.6 Å². The van der Waals surface area contributed by atoms with Crippen LogP contribution in [0, 0.1) is 20.8 Å². The van der Waals surface area contributed by atoms with E-state index in [0.717, 1.165) is 41.0 Å². The van der Waals surface area contributed by atoms with E-state index < -0.39 is 0 Å². The van der Waals surface area contributed by atoms with Crippen molar-refractivity contribution in [3.05, 3.63) is 81.6 Å². The standard InChI is InChI=1S/C24H28ClN5O/c1-5-9-30-15-20(18(4)29-30)14-26-24(27-22-8-6-7-21(25)13-22)28-23(31)19-11-16(2)10-17(3)12-19/h6-8,10-13,15H,5,9,14H2,1-4H3,(H2,26,27,28,31). The fourth-order valence-corrected chi connectivity index (χ4v) is 3.51. The summed E-state index contributed by atoms with van der Waals surface area (Å²) in [6.45, 7) is 9.28. The molecule has 0 radical (unpaired) electrons. The fraction of sp³-hybridized carbons (Fsp3) is 0.292. The van der Waals surface area contributed by atoms with Gasteiger partial charge in [0.1, 0.15) is 0 Å². The topological polar surface area (TPSA) is 71.3 Å². The molecule has 3 rings (SSSR count). The SMILES string of the molecule is CCCn1cc(CN=C(NC(=O)c2cc(C)cc(C)c2)Nc2cccc(Cl)c2)c(C)n1. The molecule has 0 aliphatic heterocycles.